The lowest BCUT2D eigenvalue weighted by atomic mass is 10.1. The number of rotatable bonds is 7. The summed E-state index contributed by atoms with van der Waals surface area (Å²) in [5, 5.41) is 4.42. The molecule has 1 aliphatic rings. The number of fused-ring (bicyclic) bond motifs is 1. The Kier molecular flexibility index (Phi) is 6.74. The largest absolute Gasteiger partial charge is 0.383 e. The molecule has 0 saturated heterocycles. The molecule has 0 radical (unpaired) electrons. The molecule has 0 fully saturated rings. The maximum absolute atomic E-state index is 14.0. The first-order chi connectivity index (χ1) is 16.0. The van der Waals surface area contributed by atoms with Gasteiger partial charge in [0.05, 0.1) is 36.2 Å². The van der Waals surface area contributed by atoms with Gasteiger partial charge in [-0.15, -0.1) is 0 Å². The standard InChI is InChI=1S/C23H26F2N8/c1-31(2)8-9-32-14-17(13-29-32)16-10-19(22(26)28-12-16)23-30-20-4-3-6-27-7-5-21(20)33(23)15-18(25)11-24/h5-7,10-14H,3-4,8-9,15H2,1-2H3,(H2,26,28)/b7-5-,18-11-,27-6?. The van der Waals surface area contributed by atoms with Crippen LogP contribution < -0.4 is 5.73 Å². The first-order valence-corrected chi connectivity index (χ1v) is 10.6. The second-order valence-electron chi connectivity index (χ2n) is 8.05. The van der Waals surface area contributed by atoms with Crippen LogP contribution in [0.2, 0.25) is 0 Å². The lowest BCUT2D eigenvalue weighted by Crippen LogP contribution is -2.18. The summed E-state index contributed by atoms with van der Waals surface area (Å²) < 4.78 is 30.4. The van der Waals surface area contributed by atoms with E-state index in [1.165, 1.54) is 0 Å². The Morgan fingerprint density at radius 1 is 1.27 bits per heavy atom. The van der Waals surface area contributed by atoms with Crippen LogP contribution in [0.5, 0.6) is 0 Å². The molecule has 172 valence electrons. The van der Waals surface area contributed by atoms with Crippen molar-refractivity contribution in [2.45, 2.75) is 25.9 Å². The summed E-state index contributed by atoms with van der Waals surface area (Å²) in [6, 6.07) is 1.86. The molecular weight excluding hydrogens is 426 g/mol. The van der Waals surface area contributed by atoms with Crippen LogP contribution in [0.1, 0.15) is 17.8 Å². The van der Waals surface area contributed by atoms with Gasteiger partial charge in [0.15, 0.2) is 0 Å². The molecule has 8 nitrogen and oxygen atoms in total. The van der Waals surface area contributed by atoms with Gasteiger partial charge >= 0.3 is 0 Å². The van der Waals surface area contributed by atoms with Crippen molar-refractivity contribution in [1.29, 1.82) is 0 Å². The van der Waals surface area contributed by atoms with Gasteiger partial charge in [0.1, 0.15) is 23.8 Å². The summed E-state index contributed by atoms with van der Waals surface area (Å²) in [5.74, 6) is -0.237. The Hall–Kier alpha value is -3.66. The number of aliphatic imine (C=N–C) groups is 1. The molecule has 0 aromatic carbocycles. The van der Waals surface area contributed by atoms with Crippen LogP contribution in [0.15, 0.2) is 48.0 Å². The Morgan fingerprint density at radius 2 is 2.12 bits per heavy atom. The fourth-order valence-corrected chi connectivity index (χ4v) is 3.64. The predicted molar refractivity (Wildman–Crippen MR) is 126 cm³/mol. The second-order valence-corrected chi connectivity index (χ2v) is 8.05. The number of halogens is 2. The highest BCUT2D eigenvalue weighted by atomic mass is 19.2. The maximum Gasteiger partial charge on any atom is 0.148 e. The molecule has 0 amide bonds. The highest BCUT2D eigenvalue weighted by Crippen LogP contribution is 2.32. The minimum atomic E-state index is -0.916. The number of anilines is 1. The number of nitrogens with zero attached hydrogens (tertiary/aromatic N) is 7. The molecule has 0 unspecified atom stereocenters. The number of aryl methyl sites for hydroxylation is 1. The second kappa shape index (κ2) is 9.86. The summed E-state index contributed by atoms with van der Waals surface area (Å²) in [4.78, 5) is 15.4. The SMILES string of the molecule is CN(C)CCn1cc(-c2cnc(N)c(-c3nc4c(n3C/C(F)=C/F)/C=C\N=CCC4)c2)cn1. The van der Waals surface area contributed by atoms with E-state index in [1.807, 2.05) is 31.0 Å². The zero-order valence-corrected chi connectivity index (χ0v) is 18.6. The lowest BCUT2D eigenvalue weighted by Gasteiger charge is -2.12. The van der Waals surface area contributed by atoms with E-state index in [4.69, 9.17) is 10.7 Å². The van der Waals surface area contributed by atoms with Crippen LogP contribution in [-0.2, 0) is 19.5 Å². The van der Waals surface area contributed by atoms with Crippen LogP contribution in [0, 0.1) is 0 Å². The third-order valence-electron chi connectivity index (χ3n) is 5.35. The lowest BCUT2D eigenvalue weighted by molar-refractivity contribution is 0.373. The van der Waals surface area contributed by atoms with Gasteiger partial charge in [0.25, 0.3) is 0 Å². The Labute approximate surface area is 190 Å². The van der Waals surface area contributed by atoms with Crippen molar-refractivity contribution in [3.8, 4) is 22.5 Å². The van der Waals surface area contributed by atoms with E-state index < -0.39 is 5.83 Å². The predicted octanol–water partition coefficient (Wildman–Crippen LogP) is 3.72. The fraction of sp³-hybridized carbons (Fsp3) is 0.304. The van der Waals surface area contributed by atoms with Gasteiger partial charge < -0.3 is 15.2 Å². The molecule has 0 spiro atoms. The third kappa shape index (κ3) is 5.06. The van der Waals surface area contributed by atoms with Gasteiger partial charge in [-0.1, -0.05) is 0 Å². The molecule has 0 bridgehead atoms. The Morgan fingerprint density at radius 3 is 2.91 bits per heavy atom. The number of nitrogen functional groups attached to an aromatic ring is 1. The molecule has 3 aromatic rings. The molecule has 0 atom stereocenters. The average Bonchev–Trinajstić information content (AvgIpc) is 3.37. The van der Waals surface area contributed by atoms with Gasteiger partial charge in [0, 0.05) is 42.5 Å². The molecule has 0 saturated carbocycles. The molecule has 33 heavy (non-hydrogen) atoms. The van der Waals surface area contributed by atoms with Crippen LogP contribution in [-0.4, -0.2) is 56.1 Å². The van der Waals surface area contributed by atoms with Crippen LogP contribution in [0.25, 0.3) is 28.6 Å². The normalized spacial score (nSPS) is 14.9. The topological polar surface area (TPSA) is 90.2 Å². The number of hydrogen-bond acceptors (Lipinski definition) is 6. The van der Waals surface area contributed by atoms with E-state index >= 15 is 0 Å². The number of hydrogen-bond donors (Lipinski definition) is 1. The zero-order chi connectivity index (χ0) is 23.4. The van der Waals surface area contributed by atoms with Crippen LogP contribution in [0.3, 0.4) is 0 Å². The van der Waals surface area contributed by atoms with Crippen molar-refractivity contribution < 1.29 is 8.78 Å². The van der Waals surface area contributed by atoms with Gasteiger partial charge in [-0.25, -0.2) is 18.7 Å². The summed E-state index contributed by atoms with van der Waals surface area (Å²) in [6.07, 6.45) is 11.8. The van der Waals surface area contributed by atoms with Crippen LogP contribution >= 0.6 is 0 Å². The van der Waals surface area contributed by atoms with E-state index in [0.29, 0.717) is 29.9 Å². The van der Waals surface area contributed by atoms with E-state index in [2.05, 4.69) is 20.0 Å². The Balaban J connectivity index is 1.77. The number of nitrogens with two attached hydrogens (primary N) is 1. The van der Waals surface area contributed by atoms with Gasteiger partial charge in [0.2, 0.25) is 0 Å². The van der Waals surface area contributed by atoms with Crippen molar-refractivity contribution >= 4 is 18.1 Å². The molecule has 2 N–H and O–H groups in total. The number of imidazole rings is 1. The monoisotopic (exact) mass is 452 g/mol. The van der Waals surface area contributed by atoms with E-state index in [9.17, 15) is 8.78 Å². The number of allylic oxidation sites excluding steroid dienone is 1. The molecule has 3 aromatic heterocycles. The number of likely N-dealkylation sites (N-methyl/N-ethyl adjacent to an activating group) is 1. The van der Waals surface area contributed by atoms with E-state index in [1.54, 1.807) is 35.5 Å². The average molecular weight is 453 g/mol. The quantitative estimate of drug-likeness (QED) is 0.590. The first-order valence-electron chi connectivity index (χ1n) is 10.6. The molecular formula is C23H26F2N8. The van der Waals surface area contributed by atoms with Gasteiger partial charge in [-0.05, 0) is 39.1 Å². The Bertz CT molecular complexity index is 1220. The summed E-state index contributed by atoms with van der Waals surface area (Å²) >= 11 is 0. The van der Waals surface area contributed by atoms with Crippen LogP contribution in [0.4, 0.5) is 14.6 Å². The van der Waals surface area contributed by atoms with E-state index in [-0.39, 0.29) is 18.7 Å². The molecule has 4 heterocycles. The highest BCUT2D eigenvalue weighted by molar-refractivity contribution is 5.77. The minimum absolute atomic E-state index is 0.0406. The third-order valence-corrected chi connectivity index (χ3v) is 5.35. The first kappa shape index (κ1) is 22.5. The highest BCUT2D eigenvalue weighted by Gasteiger charge is 2.21. The fourth-order valence-electron chi connectivity index (χ4n) is 3.64. The van der Waals surface area contributed by atoms with Gasteiger partial charge in [-0.2, -0.15) is 5.10 Å². The summed E-state index contributed by atoms with van der Waals surface area (Å²) in [6.45, 7) is 1.30. The molecule has 1 aliphatic heterocycles. The molecule has 4 rings (SSSR count). The molecule has 0 aliphatic carbocycles. The van der Waals surface area contributed by atoms with Crippen molar-refractivity contribution in [3.05, 3.63) is 54.4 Å². The number of aromatic nitrogens is 5. The zero-order valence-electron chi connectivity index (χ0n) is 18.6. The smallest absolute Gasteiger partial charge is 0.148 e. The van der Waals surface area contributed by atoms with Crippen molar-refractivity contribution in [1.82, 2.24) is 29.2 Å². The maximum atomic E-state index is 14.0. The van der Waals surface area contributed by atoms with E-state index in [0.717, 1.165) is 29.9 Å². The minimum Gasteiger partial charge on any atom is -0.383 e. The van der Waals surface area contributed by atoms with Crippen molar-refractivity contribution in [3.63, 3.8) is 0 Å². The summed E-state index contributed by atoms with van der Waals surface area (Å²) in [5.41, 5.74) is 9.88. The molecule has 10 heteroatoms. The van der Waals surface area contributed by atoms with Crippen molar-refractivity contribution in [2.24, 2.45) is 4.99 Å². The van der Waals surface area contributed by atoms with Gasteiger partial charge in [-0.3, -0.25) is 9.67 Å². The summed E-state index contributed by atoms with van der Waals surface area (Å²) in [7, 11) is 4.02. The van der Waals surface area contributed by atoms with Crippen molar-refractivity contribution in [2.75, 3.05) is 26.4 Å². The number of pyridine rings is 1.